The number of aromatic nitrogens is 1. The highest BCUT2D eigenvalue weighted by atomic mass is 127. The summed E-state index contributed by atoms with van der Waals surface area (Å²) >= 11 is 4.02. The molecule has 3 aromatic rings. The summed E-state index contributed by atoms with van der Waals surface area (Å²) in [7, 11) is 0. The third kappa shape index (κ3) is 1.74. The maximum atomic E-state index is 4.44. The van der Waals surface area contributed by atoms with Crippen LogP contribution in [0, 0.1) is 3.57 Å². The molecule has 0 saturated carbocycles. The van der Waals surface area contributed by atoms with E-state index >= 15 is 0 Å². The average Bonchev–Trinajstić information content (AvgIpc) is 2.76. The smallest absolute Gasteiger partial charge is 0.0890 e. The van der Waals surface area contributed by atoms with Crippen LogP contribution in [0.4, 0.5) is 0 Å². The van der Waals surface area contributed by atoms with Gasteiger partial charge in [-0.2, -0.15) is 0 Å². The minimum absolute atomic E-state index is 1.11. The van der Waals surface area contributed by atoms with E-state index < -0.39 is 0 Å². The van der Waals surface area contributed by atoms with E-state index in [-0.39, 0.29) is 0 Å². The van der Waals surface area contributed by atoms with E-state index in [1.54, 1.807) is 11.3 Å². The fraction of sp³-hybridized carbons (Fsp3) is 0. The highest BCUT2D eigenvalue weighted by Crippen LogP contribution is 2.30. The zero-order chi connectivity index (χ0) is 11.0. The lowest BCUT2D eigenvalue weighted by Gasteiger charge is -2.03. The molecule has 0 bridgehead atoms. The van der Waals surface area contributed by atoms with Gasteiger partial charge >= 0.3 is 0 Å². The van der Waals surface area contributed by atoms with E-state index in [0.717, 1.165) is 5.52 Å². The van der Waals surface area contributed by atoms with Gasteiger partial charge in [-0.1, -0.05) is 24.3 Å². The van der Waals surface area contributed by atoms with Crippen LogP contribution in [0.25, 0.3) is 21.3 Å². The summed E-state index contributed by atoms with van der Waals surface area (Å²) in [6, 6.07) is 14.9. The minimum Gasteiger partial charge on any atom is -0.244 e. The van der Waals surface area contributed by atoms with E-state index in [1.807, 2.05) is 5.51 Å². The Kier molecular flexibility index (Phi) is 2.65. The Morgan fingerprint density at radius 2 is 1.94 bits per heavy atom. The third-order valence-electron chi connectivity index (χ3n) is 2.50. The SMILES string of the molecule is Ic1cccc(-c2cccc3scnc23)c1. The lowest BCUT2D eigenvalue weighted by atomic mass is 10.1. The zero-order valence-electron chi connectivity index (χ0n) is 8.35. The molecule has 16 heavy (non-hydrogen) atoms. The summed E-state index contributed by atoms with van der Waals surface area (Å²) in [5.41, 5.74) is 5.47. The summed E-state index contributed by atoms with van der Waals surface area (Å²) in [4.78, 5) is 4.44. The highest BCUT2D eigenvalue weighted by Gasteiger charge is 2.05. The Bertz CT molecular complexity index is 645. The summed E-state index contributed by atoms with van der Waals surface area (Å²) in [6.45, 7) is 0. The van der Waals surface area contributed by atoms with Gasteiger partial charge in [-0.05, 0) is 46.4 Å². The maximum absolute atomic E-state index is 4.44. The molecular weight excluding hydrogens is 329 g/mol. The van der Waals surface area contributed by atoms with Crippen LogP contribution in [0.15, 0.2) is 48.0 Å². The summed E-state index contributed by atoms with van der Waals surface area (Å²) < 4.78 is 2.50. The number of hydrogen-bond acceptors (Lipinski definition) is 2. The predicted molar refractivity (Wildman–Crippen MR) is 77.8 cm³/mol. The molecule has 0 amide bonds. The van der Waals surface area contributed by atoms with Crippen LogP contribution in [0.1, 0.15) is 0 Å². The molecule has 1 heterocycles. The number of benzene rings is 2. The van der Waals surface area contributed by atoms with E-state index in [4.69, 9.17) is 0 Å². The molecule has 1 aromatic heterocycles. The average molecular weight is 337 g/mol. The van der Waals surface area contributed by atoms with Crippen LogP contribution in [-0.2, 0) is 0 Å². The van der Waals surface area contributed by atoms with Gasteiger partial charge in [0.05, 0.1) is 15.7 Å². The number of halogens is 1. The first-order valence-corrected chi connectivity index (χ1v) is 6.88. The van der Waals surface area contributed by atoms with Gasteiger partial charge in [0.15, 0.2) is 0 Å². The molecule has 0 radical (unpaired) electrons. The Balaban J connectivity index is 2.29. The Hall–Kier alpha value is -0.940. The Morgan fingerprint density at radius 1 is 1.06 bits per heavy atom. The minimum atomic E-state index is 1.11. The normalized spacial score (nSPS) is 10.8. The van der Waals surface area contributed by atoms with Crippen molar-refractivity contribution in [1.29, 1.82) is 0 Å². The molecule has 0 atom stereocenters. The third-order valence-corrected chi connectivity index (χ3v) is 3.96. The predicted octanol–water partition coefficient (Wildman–Crippen LogP) is 4.57. The largest absolute Gasteiger partial charge is 0.244 e. The molecule has 3 rings (SSSR count). The van der Waals surface area contributed by atoms with Gasteiger partial charge < -0.3 is 0 Å². The molecule has 0 unspecified atom stereocenters. The van der Waals surface area contributed by atoms with Gasteiger partial charge in [0.1, 0.15) is 0 Å². The summed E-state index contributed by atoms with van der Waals surface area (Å²) in [5, 5.41) is 0. The van der Waals surface area contributed by atoms with Crippen molar-refractivity contribution >= 4 is 44.1 Å². The molecule has 0 N–H and O–H groups in total. The number of rotatable bonds is 1. The van der Waals surface area contributed by atoms with Gasteiger partial charge in [-0.3, -0.25) is 0 Å². The topological polar surface area (TPSA) is 12.9 Å². The van der Waals surface area contributed by atoms with Crippen molar-refractivity contribution in [2.45, 2.75) is 0 Å². The second-order valence-electron chi connectivity index (χ2n) is 3.52. The van der Waals surface area contributed by atoms with Crippen LogP contribution in [0.3, 0.4) is 0 Å². The Morgan fingerprint density at radius 3 is 2.81 bits per heavy atom. The van der Waals surface area contributed by atoms with Crippen LogP contribution >= 0.6 is 33.9 Å². The summed E-state index contributed by atoms with van der Waals surface area (Å²) in [5.74, 6) is 0. The van der Waals surface area contributed by atoms with E-state index in [0.29, 0.717) is 0 Å². The first-order chi connectivity index (χ1) is 7.84. The van der Waals surface area contributed by atoms with Crippen molar-refractivity contribution in [2.24, 2.45) is 0 Å². The van der Waals surface area contributed by atoms with E-state index in [2.05, 4.69) is 70.0 Å². The number of hydrogen-bond donors (Lipinski definition) is 0. The van der Waals surface area contributed by atoms with Crippen LogP contribution in [0.5, 0.6) is 0 Å². The molecule has 0 saturated heterocycles. The molecule has 0 fully saturated rings. The standard InChI is InChI=1S/C13H8INS/c14-10-4-1-3-9(7-10)11-5-2-6-12-13(11)15-8-16-12/h1-8H. The zero-order valence-corrected chi connectivity index (χ0v) is 11.3. The van der Waals surface area contributed by atoms with Crippen molar-refractivity contribution in [3.8, 4) is 11.1 Å². The molecule has 2 aromatic carbocycles. The van der Waals surface area contributed by atoms with Gasteiger partial charge in [-0.15, -0.1) is 11.3 Å². The second kappa shape index (κ2) is 4.14. The Labute approximate surface area is 111 Å². The summed E-state index contributed by atoms with van der Waals surface area (Å²) in [6.07, 6.45) is 0. The second-order valence-corrected chi connectivity index (χ2v) is 5.65. The van der Waals surface area contributed by atoms with Crippen molar-refractivity contribution in [3.63, 3.8) is 0 Å². The molecule has 0 aliphatic heterocycles. The first-order valence-electron chi connectivity index (χ1n) is 4.93. The van der Waals surface area contributed by atoms with Crippen LogP contribution < -0.4 is 0 Å². The lowest BCUT2D eigenvalue weighted by molar-refractivity contribution is 1.49. The molecule has 0 aliphatic carbocycles. The van der Waals surface area contributed by atoms with Gasteiger partial charge in [0, 0.05) is 9.13 Å². The molecule has 0 aliphatic rings. The number of fused-ring (bicyclic) bond motifs is 1. The van der Waals surface area contributed by atoms with Crippen molar-refractivity contribution in [1.82, 2.24) is 4.98 Å². The van der Waals surface area contributed by atoms with Gasteiger partial charge in [0.25, 0.3) is 0 Å². The van der Waals surface area contributed by atoms with Gasteiger partial charge in [-0.25, -0.2) is 4.98 Å². The van der Waals surface area contributed by atoms with Gasteiger partial charge in [0.2, 0.25) is 0 Å². The first kappa shape index (κ1) is 10.2. The van der Waals surface area contributed by atoms with E-state index in [9.17, 15) is 0 Å². The van der Waals surface area contributed by atoms with Crippen molar-refractivity contribution in [3.05, 3.63) is 51.5 Å². The fourth-order valence-corrected chi connectivity index (χ4v) is 3.02. The molecule has 3 heteroatoms. The number of thiazole rings is 1. The molecule has 0 spiro atoms. The monoisotopic (exact) mass is 337 g/mol. The number of para-hydroxylation sites is 1. The fourth-order valence-electron chi connectivity index (χ4n) is 1.78. The maximum Gasteiger partial charge on any atom is 0.0890 e. The van der Waals surface area contributed by atoms with Crippen LogP contribution in [0.2, 0.25) is 0 Å². The molecule has 1 nitrogen and oxygen atoms in total. The van der Waals surface area contributed by atoms with Crippen LogP contribution in [-0.4, -0.2) is 4.98 Å². The van der Waals surface area contributed by atoms with E-state index in [1.165, 1.54) is 19.4 Å². The van der Waals surface area contributed by atoms with Crippen molar-refractivity contribution < 1.29 is 0 Å². The van der Waals surface area contributed by atoms with Crippen molar-refractivity contribution in [2.75, 3.05) is 0 Å². The molecular formula is C13H8INS. The number of nitrogens with zero attached hydrogens (tertiary/aromatic N) is 1. The quantitative estimate of drug-likeness (QED) is 0.593. The lowest BCUT2D eigenvalue weighted by Crippen LogP contribution is -1.81. The molecule has 78 valence electrons. The highest BCUT2D eigenvalue weighted by molar-refractivity contribution is 14.1.